The Labute approximate surface area is 156 Å². The molecule has 2 amide bonds. The van der Waals surface area contributed by atoms with Crippen LogP contribution in [0.2, 0.25) is 0 Å². The molecule has 1 saturated heterocycles. The first-order valence-electron chi connectivity index (χ1n) is 8.40. The highest BCUT2D eigenvalue weighted by atomic mass is 16.2. The zero-order valence-corrected chi connectivity index (χ0v) is 14.6. The van der Waals surface area contributed by atoms with E-state index in [0.717, 1.165) is 6.42 Å². The van der Waals surface area contributed by atoms with Crippen molar-refractivity contribution in [2.75, 3.05) is 23.7 Å². The summed E-state index contributed by atoms with van der Waals surface area (Å²) in [7, 11) is 0. The van der Waals surface area contributed by atoms with Crippen molar-refractivity contribution < 1.29 is 9.59 Å². The lowest BCUT2D eigenvalue weighted by atomic mass is 10.2. The standard InChI is InChI=1S/C19H18N6O2/c1-2-17(26)23-15-5-3-14(4-6-15)18(27)25-8-7-16(12-25)24-19-21-10-13(9-20)11-22-19/h2-6,10-11,16H,1,7-8,12H2,(H,23,26)(H,21,22,24)/t16-/m1/s1. The lowest BCUT2D eigenvalue weighted by molar-refractivity contribution is -0.111. The van der Waals surface area contributed by atoms with E-state index in [4.69, 9.17) is 5.26 Å². The van der Waals surface area contributed by atoms with Crippen LogP contribution in [0.15, 0.2) is 49.3 Å². The first-order chi connectivity index (χ1) is 13.1. The molecule has 2 aromatic rings. The van der Waals surface area contributed by atoms with Gasteiger partial charge in [0.2, 0.25) is 11.9 Å². The molecule has 1 aromatic heterocycles. The van der Waals surface area contributed by atoms with Crippen LogP contribution in [0.25, 0.3) is 0 Å². The van der Waals surface area contributed by atoms with E-state index in [1.165, 1.54) is 18.5 Å². The van der Waals surface area contributed by atoms with Crippen LogP contribution in [-0.2, 0) is 4.79 Å². The van der Waals surface area contributed by atoms with Crippen LogP contribution in [0.3, 0.4) is 0 Å². The highest BCUT2D eigenvalue weighted by Crippen LogP contribution is 2.18. The van der Waals surface area contributed by atoms with Gasteiger partial charge in [0, 0.05) is 30.4 Å². The van der Waals surface area contributed by atoms with Gasteiger partial charge in [-0.05, 0) is 36.8 Å². The van der Waals surface area contributed by atoms with Gasteiger partial charge in [0.1, 0.15) is 6.07 Å². The van der Waals surface area contributed by atoms with Crippen LogP contribution >= 0.6 is 0 Å². The molecule has 2 N–H and O–H groups in total. The van der Waals surface area contributed by atoms with Gasteiger partial charge >= 0.3 is 0 Å². The summed E-state index contributed by atoms with van der Waals surface area (Å²) in [6, 6.07) is 8.76. The maximum absolute atomic E-state index is 12.6. The maximum Gasteiger partial charge on any atom is 0.253 e. The minimum absolute atomic E-state index is 0.0491. The van der Waals surface area contributed by atoms with Gasteiger partial charge in [0.05, 0.1) is 18.0 Å². The molecule has 0 spiro atoms. The molecule has 1 aromatic carbocycles. The molecule has 0 bridgehead atoms. The number of benzene rings is 1. The van der Waals surface area contributed by atoms with Crippen LogP contribution < -0.4 is 10.6 Å². The second kappa shape index (κ2) is 8.10. The lowest BCUT2D eigenvalue weighted by Gasteiger charge is -2.17. The van der Waals surface area contributed by atoms with Crippen molar-refractivity contribution in [3.05, 3.63) is 60.4 Å². The normalized spacial score (nSPS) is 15.7. The zero-order valence-electron chi connectivity index (χ0n) is 14.6. The second-order valence-electron chi connectivity index (χ2n) is 6.06. The van der Waals surface area contributed by atoms with E-state index in [-0.39, 0.29) is 17.9 Å². The van der Waals surface area contributed by atoms with Crippen LogP contribution in [0.5, 0.6) is 0 Å². The Morgan fingerprint density at radius 2 is 1.96 bits per heavy atom. The minimum Gasteiger partial charge on any atom is -0.350 e. The van der Waals surface area contributed by atoms with E-state index in [1.807, 2.05) is 6.07 Å². The number of carbonyl (C=O) groups excluding carboxylic acids is 2. The largest absolute Gasteiger partial charge is 0.350 e. The molecule has 27 heavy (non-hydrogen) atoms. The Morgan fingerprint density at radius 3 is 2.59 bits per heavy atom. The number of likely N-dealkylation sites (tertiary alicyclic amines) is 1. The van der Waals surface area contributed by atoms with E-state index in [9.17, 15) is 9.59 Å². The Kier molecular flexibility index (Phi) is 5.42. The monoisotopic (exact) mass is 362 g/mol. The summed E-state index contributed by atoms with van der Waals surface area (Å²) in [6.45, 7) is 4.56. The number of hydrogen-bond acceptors (Lipinski definition) is 6. The van der Waals surface area contributed by atoms with Gasteiger partial charge in [-0.3, -0.25) is 9.59 Å². The first-order valence-corrected chi connectivity index (χ1v) is 8.40. The van der Waals surface area contributed by atoms with Crippen LogP contribution in [-0.4, -0.2) is 45.8 Å². The molecule has 8 nitrogen and oxygen atoms in total. The first kappa shape index (κ1) is 18.1. The number of hydrogen-bond donors (Lipinski definition) is 2. The van der Waals surface area contributed by atoms with Crippen molar-refractivity contribution in [2.45, 2.75) is 12.5 Å². The molecule has 0 aliphatic carbocycles. The molecule has 1 fully saturated rings. The molecule has 0 unspecified atom stereocenters. The summed E-state index contributed by atoms with van der Waals surface area (Å²) in [5.74, 6) is 0.0739. The highest BCUT2D eigenvalue weighted by molar-refractivity contribution is 5.99. The van der Waals surface area contributed by atoms with Crippen molar-refractivity contribution in [1.29, 1.82) is 5.26 Å². The van der Waals surface area contributed by atoms with Gasteiger partial charge in [-0.15, -0.1) is 0 Å². The van der Waals surface area contributed by atoms with Crippen LogP contribution in [0.1, 0.15) is 22.3 Å². The second-order valence-corrected chi connectivity index (χ2v) is 6.06. The summed E-state index contributed by atoms with van der Waals surface area (Å²) in [6.07, 6.45) is 4.89. The Hall–Kier alpha value is -3.73. The van der Waals surface area contributed by atoms with Gasteiger partial charge in [-0.25, -0.2) is 9.97 Å². The maximum atomic E-state index is 12.6. The molecule has 1 aliphatic heterocycles. The minimum atomic E-state index is -0.299. The van der Waals surface area contributed by atoms with E-state index in [2.05, 4.69) is 27.2 Å². The Bertz CT molecular complexity index is 886. The number of nitrogens with zero attached hydrogens (tertiary/aromatic N) is 4. The van der Waals surface area contributed by atoms with Gasteiger partial charge in [0.15, 0.2) is 0 Å². The van der Waals surface area contributed by atoms with E-state index < -0.39 is 0 Å². The molecule has 1 atom stereocenters. The predicted octanol–water partition coefficient (Wildman–Crippen LogP) is 1.80. The third kappa shape index (κ3) is 4.46. The topological polar surface area (TPSA) is 111 Å². The van der Waals surface area contributed by atoms with E-state index in [0.29, 0.717) is 35.9 Å². The number of nitriles is 1. The number of nitrogens with one attached hydrogen (secondary N) is 2. The van der Waals surface area contributed by atoms with E-state index in [1.54, 1.807) is 29.2 Å². The van der Waals surface area contributed by atoms with Gasteiger partial charge in [0.25, 0.3) is 5.91 Å². The Morgan fingerprint density at radius 1 is 1.26 bits per heavy atom. The van der Waals surface area contributed by atoms with Gasteiger partial charge in [-0.1, -0.05) is 6.58 Å². The average molecular weight is 362 g/mol. The number of rotatable bonds is 5. The Balaban J connectivity index is 1.57. The van der Waals surface area contributed by atoms with Crippen LogP contribution in [0.4, 0.5) is 11.6 Å². The average Bonchev–Trinajstić information content (AvgIpc) is 3.17. The predicted molar refractivity (Wildman–Crippen MR) is 99.9 cm³/mol. The fourth-order valence-corrected chi connectivity index (χ4v) is 2.78. The fraction of sp³-hybridized carbons (Fsp3) is 0.211. The van der Waals surface area contributed by atoms with Crippen molar-refractivity contribution in [3.8, 4) is 6.07 Å². The molecular weight excluding hydrogens is 344 g/mol. The van der Waals surface area contributed by atoms with Crippen LogP contribution in [0, 0.1) is 11.3 Å². The summed E-state index contributed by atoms with van der Waals surface area (Å²) >= 11 is 0. The number of carbonyl (C=O) groups is 2. The molecule has 8 heteroatoms. The SMILES string of the molecule is C=CC(=O)Nc1ccc(C(=O)N2CC[C@@H](Nc3ncc(C#N)cn3)C2)cc1. The molecule has 3 rings (SSSR count). The molecule has 2 heterocycles. The quantitative estimate of drug-likeness (QED) is 0.785. The third-order valence-corrected chi connectivity index (χ3v) is 4.17. The molecule has 1 aliphatic rings. The molecule has 0 saturated carbocycles. The lowest BCUT2D eigenvalue weighted by Crippen LogP contribution is -2.31. The summed E-state index contributed by atoms with van der Waals surface area (Å²) < 4.78 is 0. The van der Waals surface area contributed by atoms with E-state index >= 15 is 0 Å². The molecule has 136 valence electrons. The number of anilines is 2. The third-order valence-electron chi connectivity index (χ3n) is 4.17. The summed E-state index contributed by atoms with van der Waals surface area (Å²) in [4.78, 5) is 33.9. The van der Waals surface area contributed by atoms with Gasteiger partial charge in [-0.2, -0.15) is 5.26 Å². The van der Waals surface area contributed by atoms with Crippen molar-refractivity contribution >= 4 is 23.5 Å². The number of aromatic nitrogens is 2. The fourth-order valence-electron chi connectivity index (χ4n) is 2.78. The van der Waals surface area contributed by atoms with Crippen molar-refractivity contribution in [3.63, 3.8) is 0 Å². The van der Waals surface area contributed by atoms with Crippen molar-refractivity contribution in [2.24, 2.45) is 0 Å². The summed E-state index contributed by atoms with van der Waals surface area (Å²) in [5.41, 5.74) is 1.56. The number of amides is 2. The zero-order chi connectivity index (χ0) is 19.2. The van der Waals surface area contributed by atoms with Crippen molar-refractivity contribution in [1.82, 2.24) is 14.9 Å². The molecular formula is C19H18N6O2. The van der Waals surface area contributed by atoms with Gasteiger partial charge < -0.3 is 15.5 Å². The highest BCUT2D eigenvalue weighted by Gasteiger charge is 2.27. The smallest absolute Gasteiger partial charge is 0.253 e. The summed E-state index contributed by atoms with van der Waals surface area (Å²) in [5, 5.41) is 14.6. The molecule has 0 radical (unpaired) electrons.